The Hall–Kier alpha value is -1.26. The molecule has 0 aromatic heterocycles. The highest BCUT2D eigenvalue weighted by molar-refractivity contribution is 5.43. The molecule has 0 heterocycles. The van der Waals surface area contributed by atoms with Crippen LogP contribution in [0.1, 0.15) is 39.7 Å². The molecule has 0 aliphatic heterocycles. The van der Waals surface area contributed by atoms with Gasteiger partial charge in [-0.05, 0) is 44.9 Å². The van der Waals surface area contributed by atoms with E-state index in [0.717, 1.165) is 23.5 Å². The SMILES string of the molecule is CCOc1cc(CN[C@@H](CC)CO)ccc1OC(C)C. The molecule has 0 unspecified atom stereocenters. The fourth-order valence-corrected chi connectivity index (χ4v) is 1.88. The molecular formula is C16H27NO3. The number of hydrogen-bond acceptors (Lipinski definition) is 4. The van der Waals surface area contributed by atoms with Crippen molar-refractivity contribution >= 4 is 0 Å². The predicted octanol–water partition coefficient (Wildman–Crippen LogP) is 2.73. The molecule has 0 fully saturated rings. The van der Waals surface area contributed by atoms with Gasteiger partial charge in [0.15, 0.2) is 11.5 Å². The second-order valence-electron chi connectivity index (χ2n) is 5.05. The van der Waals surface area contributed by atoms with Crippen LogP contribution in [-0.4, -0.2) is 30.5 Å². The zero-order valence-electron chi connectivity index (χ0n) is 13.0. The summed E-state index contributed by atoms with van der Waals surface area (Å²) in [5.41, 5.74) is 1.12. The molecule has 0 aliphatic rings. The van der Waals surface area contributed by atoms with E-state index in [0.29, 0.717) is 13.2 Å². The summed E-state index contributed by atoms with van der Waals surface area (Å²) in [6.45, 7) is 9.49. The molecule has 0 saturated heterocycles. The third-order valence-electron chi connectivity index (χ3n) is 2.98. The highest BCUT2D eigenvalue weighted by atomic mass is 16.5. The Labute approximate surface area is 122 Å². The van der Waals surface area contributed by atoms with E-state index in [1.54, 1.807) is 0 Å². The normalized spacial score (nSPS) is 12.5. The van der Waals surface area contributed by atoms with Crippen molar-refractivity contribution in [2.75, 3.05) is 13.2 Å². The summed E-state index contributed by atoms with van der Waals surface area (Å²) in [6, 6.07) is 6.11. The van der Waals surface area contributed by atoms with E-state index >= 15 is 0 Å². The van der Waals surface area contributed by atoms with Crippen molar-refractivity contribution in [1.29, 1.82) is 0 Å². The van der Waals surface area contributed by atoms with Crippen LogP contribution in [0, 0.1) is 0 Å². The summed E-state index contributed by atoms with van der Waals surface area (Å²) in [6.07, 6.45) is 1.03. The minimum absolute atomic E-state index is 0.122. The molecule has 1 rings (SSSR count). The molecule has 4 nitrogen and oxygen atoms in total. The molecule has 0 amide bonds. The molecule has 0 saturated carbocycles. The van der Waals surface area contributed by atoms with Gasteiger partial charge < -0.3 is 19.9 Å². The van der Waals surface area contributed by atoms with Crippen molar-refractivity contribution in [2.24, 2.45) is 0 Å². The second kappa shape index (κ2) is 8.82. The van der Waals surface area contributed by atoms with Crippen LogP contribution in [0.25, 0.3) is 0 Å². The topological polar surface area (TPSA) is 50.7 Å². The standard InChI is InChI=1S/C16H27NO3/c1-5-14(11-18)17-10-13-7-8-15(20-12(3)4)16(9-13)19-6-2/h7-9,12,14,17-18H,5-6,10-11H2,1-4H3/t14-/m0/s1. The Morgan fingerprint density at radius 2 is 1.95 bits per heavy atom. The van der Waals surface area contributed by atoms with E-state index in [-0.39, 0.29) is 18.8 Å². The Morgan fingerprint density at radius 1 is 1.20 bits per heavy atom. The molecule has 0 radical (unpaired) electrons. The van der Waals surface area contributed by atoms with E-state index in [1.165, 1.54) is 0 Å². The number of ether oxygens (including phenoxy) is 2. The Morgan fingerprint density at radius 3 is 2.50 bits per heavy atom. The van der Waals surface area contributed by atoms with Crippen molar-refractivity contribution in [2.45, 2.75) is 52.8 Å². The fraction of sp³-hybridized carbons (Fsp3) is 0.625. The number of aliphatic hydroxyl groups excluding tert-OH is 1. The monoisotopic (exact) mass is 281 g/mol. The molecule has 114 valence electrons. The van der Waals surface area contributed by atoms with E-state index in [4.69, 9.17) is 9.47 Å². The lowest BCUT2D eigenvalue weighted by Crippen LogP contribution is -2.31. The summed E-state index contributed by atoms with van der Waals surface area (Å²) in [4.78, 5) is 0. The van der Waals surface area contributed by atoms with Gasteiger partial charge in [0, 0.05) is 12.6 Å². The number of nitrogens with one attached hydrogen (secondary N) is 1. The number of hydrogen-bond donors (Lipinski definition) is 2. The lowest BCUT2D eigenvalue weighted by molar-refractivity contribution is 0.223. The highest BCUT2D eigenvalue weighted by Crippen LogP contribution is 2.29. The lowest BCUT2D eigenvalue weighted by atomic mass is 10.1. The van der Waals surface area contributed by atoms with Crippen molar-refractivity contribution in [3.8, 4) is 11.5 Å². The van der Waals surface area contributed by atoms with Gasteiger partial charge in [-0.25, -0.2) is 0 Å². The van der Waals surface area contributed by atoms with Gasteiger partial charge in [-0.2, -0.15) is 0 Å². The van der Waals surface area contributed by atoms with Crippen molar-refractivity contribution in [1.82, 2.24) is 5.32 Å². The van der Waals surface area contributed by atoms with Crippen LogP contribution >= 0.6 is 0 Å². The number of benzene rings is 1. The van der Waals surface area contributed by atoms with Crippen LogP contribution in [0.5, 0.6) is 11.5 Å². The van der Waals surface area contributed by atoms with Crippen LogP contribution in [0.15, 0.2) is 18.2 Å². The van der Waals surface area contributed by atoms with Crippen molar-refractivity contribution in [3.63, 3.8) is 0 Å². The third kappa shape index (κ3) is 5.39. The summed E-state index contributed by atoms with van der Waals surface area (Å²) in [5, 5.41) is 12.5. The van der Waals surface area contributed by atoms with Gasteiger partial charge in [-0.1, -0.05) is 13.0 Å². The maximum atomic E-state index is 9.18. The highest BCUT2D eigenvalue weighted by Gasteiger charge is 2.09. The van der Waals surface area contributed by atoms with E-state index < -0.39 is 0 Å². The largest absolute Gasteiger partial charge is 0.490 e. The minimum Gasteiger partial charge on any atom is -0.490 e. The van der Waals surface area contributed by atoms with Crippen LogP contribution in [0.3, 0.4) is 0 Å². The maximum absolute atomic E-state index is 9.18. The quantitative estimate of drug-likeness (QED) is 0.731. The van der Waals surface area contributed by atoms with Crippen LogP contribution in [-0.2, 0) is 6.54 Å². The molecule has 0 aliphatic carbocycles. The average molecular weight is 281 g/mol. The molecule has 1 aromatic carbocycles. The van der Waals surface area contributed by atoms with Crippen LogP contribution < -0.4 is 14.8 Å². The maximum Gasteiger partial charge on any atom is 0.161 e. The zero-order chi connectivity index (χ0) is 15.0. The van der Waals surface area contributed by atoms with Gasteiger partial charge in [0.25, 0.3) is 0 Å². The first-order chi connectivity index (χ1) is 9.60. The molecule has 1 aromatic rings. The second-order valence-corrected chi connectivity index (χ2v) is 5.05. The van der Waals surface area contributed by atoms with Crippen molar-refractivity contribution in [3.05, 3.63) is 23.8 Å². The molecule has 20 heavy (non-hydrogen) atoms. The third-order valence-corrected chi connectivity index (χ3v) is 2.98. The summed E-state index contributed by atoms with van der Waals surface area (Å²) in [5.74, 6) is 1.55. The fourth-order valence-electron chi connectivity index (χ4n) is 1.88. The van der Waals surface area contributed by atoms with Gasteiger partial charge in [0.2, 0.25) is 0 Å². The Kier molecular flexibility index (Phi) is 7.41. The first kappa shape index (κ1) is 16.8. The van der Waals surface area contributed by atoms with Crippen molar-refractivity contribution < 1.29 is 14.6 Å². The zero-order valence-corrected chi connectivity index (χ0v) is 13.0. The first-order valence-corrected chi connectivity index (χ1v) is 7.37. The Bertz CT molecular complexity index is 389. The molecular weight excluding hydrogens is 254 g/mol. The molecule has 0 spiro atoms. The van der Waals surface area contributed by atoms with E-state index in [9.17, 15) is 5.11 Å². The first-order valence-electron chi connectivity index (χ1n) is 7.37. The predicted molar refractivity (Wildman–Crippen MR) is 81.4 cm³/mol. The van der Waals surface area contributed by atoms with Gasteiger partial charge in [0.1, 0.15) is 0 Å². The number of aliphatic hydroxyl groups is 1. The summed E-state index contributed by atoms with van der Waals surface area (Å²) >= 11 is 0. The number of rotatable bonds is 9. The van der Waals surface area contributed by atoms with E-state index in [1.807, 2.05) is 39.0 Å². The van der Waals surface area contributed by atoms with Gasteiger partial charge in [-0.15, -0.1) is 0 Å². The smallest absolute Gasteiger partial charge is 0.161 e. The van der Waals surface area contributed by atoms with E-state index in [2.05, 4.69) is 12.2 Å². The average Bonchev–Trinajstić information content (AvgIpc) is 2.42. The lowest BCUT2D eigenvalue weighted by Gasteiger charge is -2.17. The minimum atomic E-state index is 0.122. The summed E-state index contributed by atoms with van der Waals surface area (Å²) < 4.78 is 11.4. The van der Waals surface area contributed by atoms with Gasteiger partial charge in [-0.3, -0.25) is 0 Å². The summed E-state index contributed by atoms with van der Waals surface area (Å²) in [7, 11) is 0. The molecule has 1 atom stereocenters. The van der Waals surface area contributed by atoms with Crippen LogP contribution in [0.2, 0.25) is 0 Å². The molecule has 0 bridgehead atoms. The van der Waals surface area contributed by atoms with Gasteiger partial charge in [0.05, 0.1) is 19.3 Å². The van der Waals surface area contributed by atoms with Crippen LogP contribution in [0.4, 0.5) is 0 Å². The molecule has 4 heteroatoms. The Balaban J connectivity index is 2.75. The van der Waals surface area contributed by atoms with Gasteiger partial charge >= 0.3 is 0 Å². The molecule has 2 N–H and O–H groups in total.